The van der Waals surface area contributed by atoms with Crippen LogP contribution < -0.4 is 0 Å². The maximum absolute atomic E-state index is 12.0. The second kappa shape index (κ2) is 4.33. The third-order valence-corrected chi connectivity index (χ3v) is 2.37. The van der Waals surface area contributed by atoms with Crippen LogP contribution in [0.3, 0.4) is 0 Å². The summed E-state index contributed by atoms with van der Waals surface area (Å²) in [5.74, 6) is 0.253. The summed E-state index contributed by atoms with van der Waals surface area (Å²) >= 11 is 0. The highest BCUT2D eigenvalue weighted by molar-refractivity contribution is 6.58. The van der Waals surface area contributed by atoms with Gasteiger partial charge in [-0.2, -0.15) is 0 Å². The van der Waals surface area contributed by atoms with Crippen molar-refractivity contribution in [1.29, 1.82) is 0 Å². The molecule has 2 nitrogen and oxygen atoms in total. The minimum absolute atomic E-state index is 0.0790. The molecule has 0 aromatic carbocycles. The third kappa shape index (κ3) is 4.00. The molecule has 0 aliphatic carbocycles. The number of rotatable bonds is 4. The average Bonchev–Trinajstić information content (AvgIpc) is 2.33. The van der Waals surface area contributed by atoms with Gasteiger partial charge in [-0.3, -0.25) is 0 Å². The normalized spacial score (nSPS) is 25.4. The third-order valence-electron chi connectivity index (χ3n) is 2.37. The number of aliphatic hydroxyl groups excluding tert-OH is 1. The molecule has 1 atom stereocenters. The van der Waals surface area contributed by atoms with E-state index in [1.54, 1.807) is 0 Å². The van der Waals surface area contributed by atoms with Gasteiger partial charge in [0.15, 0.2) is 0 Å². The molecule has 0 aromatic heterocycles. The Morgan fingerprint density at radius 1 is 1.38 bits per heavy atom. The zero-order chi connectivity index (χ0) is 9.90. The van der Waals surface area contributed by atoms with E-state index in [-0.39, 0.29) is 12.5 Å². The molecule has 6 heteroatoms. The summed E-state index contributed by atoms with van der Waals surface area (Å²) in [7, 11) is 0. The van der Waals surface area contributed by atoms with Gasteiger partial charge in [0.05, 0.1) is 0 Å². The first-order valence-corrected chi connectivity index (χ1v) is 4.55. The van der Waals surface area contributed by atoms with E-state index in [0.29, 0.717) is 19.5 Å². The van der Waals surface area contributed by atoms with E-state index in [4.69, 9.17) is 5.11 Å². The molecule has 0 bridgehead atoms. The molecule has 1 N–H and O–H groups in total. The van der Waals surface area contributed by atoms with Crippen molar-refractivity contribution in [3.8, 4) is 0 Å². The maximum Gasteiger partial charge on any atom is 0.492 e. The standard InChI is InChI=1S/C7H14BF3NO/c9-8(10,11)6-12-3-1-7(5-12)2-4-13/h7,13H,1-6H2/q-1. The van der Waals surface area contributed by atoms with Crippen molar-refractivity contribution in [3.63, 3.8) is 0 Å². The summed E-state index contributed by atoms with van der Waals surface area (Å²) in [5, 5.41) is 8.61. The van der Waals surface area contributed by atoms with Crippen molar-refractivity contribution >= 4 is 6.98 Å². The molecule has 0 saturated carbocycles. The van der Waals surface area contributed by atoms with E-state index in [2.05, 4.69) is 0 Å². The van der Waals surface area contributed by atoms with E-state index in [0.717, 1.165) is 6.42 Å². The second-order valence-electron chi connectivity index (χ2n) is 3.64. The first-order chi connectivity index (χ1) is 6.01. The van der Waals surface area contributed by atoms with Crippen LogP contribution in [0.15, 0.2) is 0 Å². The van der Waals surface area contributed by atoms with Crippen LogP contribution in [0, 0.1) is 5.92 Å². The first kappa shape index (κ1) is 10.9. The lowest BCUT2D eigenvalue weighted by atomic mass is 9.91. The molecular weight excluding hydrogens is 182 g/mol. The van der Waals surface area contributed by atoms with Crippen LogP contribution in [0.4, 0.5) is 12.9 Å². The summed E-state index contributed by atoms with van der Waals surface area (Å²) in [6, 6.07) is 0. The molecular formula is C7H14BF3NO-. The van der Waals surface area contributed by atoms with E-state index >= 15 is 0 Å². The van der Waals surface area contributed by atoms with E-state index < -0.39 is 13.4 Å². The summed E-state index contributed by atoms with van der Waals surface area (Å²) in [4.78, 5) is 1.43. The predicted molar refractivity (Wildman–Crippen MR) is 45.3 cm³/mol. The van der Waals surface area contributed by atoms with Crippen LogP contribution in [0.2, 0.25) is 0 Å². The topological polar surface area (TPSA) is 23.5 Å². The van der Waals surface area contributed by atoms with Crippen LogP contribution in [-0.4, -0.2) is 43.1 Å². The lowest BCUT2D eigenvalue weighted by Gasteiger charge is -2.23. The number of nitrogens with zero attached hydrogens (tertiary/aromatic N) is 1. The number of aliphatic hydroxyl groups is 1. The molecule has 1 saturated heterocycles. The molecule has 1 unspecified atom stereocenters. The predicted octanol–water partition coefficient (Wildman–Crippen LogP) is 1.08. The molecule has 0 radical (unpaired) electrons. The maximum atomic E-state index is 12.0. The van der Waals surface area contributed by atoms with Crippen molar-refractivity contribution < 1.29 is 18.1 Å². The fourth-order valence-electron chi connectivity index (χ4n) is 1.79. The van der Waals surface area contributed by atoms with Gasteiger partial charge in [0.2, 0.25) is 0 Å². The average molecular weight is 196 g/mol. The SMILES string of the molecule is OCCC1CCN(C[B-](F)(F)F)C1. The number of hydrogen-bond donors (Lipinski definition) is 1. The molecule has 13 heavy (non-hydrogen) atoms. The molecule has 1 rings (SSSR count). The van der Waals surface area contributed by atoms with Crippen LogP contribution >= 0.6 is 0 Å². The van der Waals surface area contributed by atoms with Crippen molar-refractivity contribution in [3.05, 3.63) is 0 Å². The summed E-state index contributed by atoms with van der Waals surface area (Å²) < 4.78 is 36.0. The number of hydrogen-bond acceptors (Lipinski definition) is 2. The van der Waals surface area contributed by atoms with Crippen molar-refractivity contribution in [2.45, 2.75) is 12.8 Å². The largest absolute Gasteiger partial charge is 0.492 e. The van der Waals surface area contributed by atoms with Crippen molar-refractivity contribution in [2.75, 3.05) is 26.1 Å². The Kier molecular flexibility index (Phi) is 3.61. The van der Waals surface area contributed by atoms with Gasteiger partial charge in [-0.05, 0) is 38.3 Å². The van der Waals surface area contributed by atoms with E-state index in [1.807, 2.05) is 0 Å². The molecule has 1 aliphatic rings. The molecule has 1 fully saturated rings. The summed E-state index contributed by atoms with van der Waals surface area (Å²) in [5.41, 5.74) is 0. The fourth-order valence-corrected chi connectivity index (χ4v) is 1.79. The summed E-state index contributed by atoms with van der Waals surface area (Å²) in [6.07, 6.45) is 0.663. The van der Waals surface area contributed by atoms with Crippen LogP contribution in [-0.2, 0) is 0 Å². The lowest BCUT2D eigenvalue weighted by Crippen LogP contribution is -2.36. The molecule has 0 aromatic rings. The van der Waals surface area contributed by atoms with Gasteiger partial charge >= 0.3 is 6.98 Å². The van der Waals surface area contributed by atoms with Crippen molar-refractivity contribution in [2.24, 2.45) is 5.92 Å². The molecule has 1 heterocycles. The number of likely N-dealkylation sites (tertiary alicyclic amines) is 1. The Bertz CT molecular complexity index is 164. The Morgan fingerprint density at radius 2 is 2.08 bits per heavy atom. The Balaban J connectivity index is 2.25. The van der Waals surface area contributed by atoms with Gasteiger partial charge in [0.1, 0.15) is 0 Å². The minimum Gasteiger partial charge on any atom is -0.448 e. The Labute approximate surface area is 75.8 Å². The van der Waals surface area contributed by atoms with Crippen LogP contribution in [0.1, 0.15) is 12.8 Å². The highest BCUT2D eigenvalue weighted by atomic mass is 19.4. The van der Waals surface area contributed by atoms with Gasteiger partial charge < -0.3 is 23.0 Å². The van der Waals surface area contributed by atoms with E-state index in [1.165, 1.54) is 4.90 Å². The Morgan fingerprint density at radius 3 is 2.62 bits per heavy atom. The molecule has 0 spiro atoms. The zero-order valence-corrected chi connectivity index (χ0v) is 7.43. The number of halogens is 3. The smallest absolute Gasteiger partial charge is 0.448 e. The fraction of sp³-hybridized carbons (Fsp3) is 1.00. The highest BCUT2D eigenvalue weighted by Crippen LogP contribution is 2.21. The molecule has 0 amide bonds. The van der Waals surface area contributed by atoms with Crippen molar-refractivity contribution in [1.82, 2.24) is 4.90 Å². The molecule has 1 aliphatic heterocycles. The highest BCUT2D eigenvalue weighted by Gasteiger charge is 2.30. The van der Waals surface area contributed by atoms with Gasteiger partial charge in [-0.15, -0.1) is 0 Å². The second-order valence-corrected chi connectivity index (χ2v) is 3.64. The zero-order valence-electron chi connectivity index (χ0n) is 7.43. The molecule has 78 valence electrons. The van der Waals surface area contributed by atoms with E-state index in [9.17, 15) is 12.9 Å². The first-order valence-electron chi connectivity index (χ1n) is 4.55. The monoisotopic (exact) mass is 196 g/mol. The van der Waals surface area contributed by atoms with Crippen LogP contribution in [0.25, 0.3) is 0 Å². The quantitative estimate of drug-likeness (QED) is 0.680. The van der Waals surface area contributed by atoms with Gasteiger partial charge in [0.25, 0.3) is 0 Å². The minimum atomic E-state index is -4.68. The van der Waals surface area contributed by atoms with Gasteiger partial charge in [-0.25, -0.2) is 0 Å². The Hall–Kier alpha value is -0.225. The van der Waals surface area contributed by atoms with Gasteiger partial charge in [-0.1, -0.05) is 0 Å². The lowest BCUT2D eigenvalue weighted by molar-refractivity contribution is 0.252. The van der Waals surface area contributed by atoms with Gasteiger partial charge in [0, 0.05) is 6.61 Å². The summed E-state index contributed by atoms with van der Waals surface area (Å²) in [6.45, 7) is -3.60. The van der Waals surface area contributed by atoms with Crippen LogP contribution in [0.5, 0.6) is 0 Å².